The summed E-state index contributed by atoms with van der Waals surface area (Å²) in [7, 11) is 0. The summed E-state index contributed by atoms with van der Waals surface area (Å²) in [5.41, 5.74) is 4.95. The zero-order chi connectivity index (χ0) is 18.6. The third kappa shape index (κ3) is 4.12. The molecule has 0 saturated carbocycles. The van der Waals surface area contributed by atoms with Gasteiger partial charge in [0, 0.05) is 22.9 Å². The molecule has 0 spiro atoms. The molecule has 3 nitrogen and oxygen atoms in total. The Balaban J connectivity index is 1.58. The number of carbonyl (C=O) groups excluding carboxylic acids is 1. The molecule has 1 atom stereocenters. The van der Waals surface area contributed by atoms with E-state index in [0.29, 0.717) is 6.42 Å². The zero-order valence-electron chi connectivity index (χ0n) is 15.1. The number of rotatable bonds is 4. The van der Waals surface area contributed by atoms with Gasteiger partial charge in [0.1, 0.15) is 0 Å². The minimum absolute atomic E-state index is 0.0405. The molecule has 0 aromatic heterocycles. The highest BCUT2D eigenvalue weighted by atomic mass is 32.2. The number of carbonyl (C=O) groups is 1. The van der Waals surface area contributed by atoms with E-state index in [-0.39, 0.29) is 11.0 Å². The standard InChI is InChI=1S/C23H20N2OS/c1-16-11-13-17(14-12-16)21(26)15-22-19-9-5-6-10-20(19)25-23(27-22)24-18-7-3-2-4-8-18/h2-14,22H,15H2,1H3,(H,24,25). The lowest BCUT2D eigenvalue weighted by atomic mass is 10.0. The number of hydrogen-bond acceptors (Lipinski definition) is 4. The van der Waals surface area contributed by atoms with Crippen molar-refractivity contribution in [2.24, 2.45) is 4.99 Å². The van der Waals surface area contributed by atoms with Gasteiger partial charge in [-0.1, -0.05) is 78.0 Å². The van der Waals surface area contributed by atoms with E-state index in [2.05, 4.69) is 11.4 Å². The lowest BCUT2D eigenvalue weighted by Gasteiger charge is -2.24. The number of amidine groups is 1. The summed E-state index contributed by atoms with van der Waals surface area (Å²) in [5, 5.41) is 4.24. The van der Waals surface area contributed by atoms with Crippen LogP contribution >= 0.6 is 11.8 Å². The number of nitrogens with one attached hydrogen (secondary N) is 1. The summed E-state index contributed by atoms with van der Waals surface area (Å²) in [5.74, 6) is 0.156. The SMILES string of the molecule is Cc1ccc(C(=O)CC2SC(Nc3ccccc3)=Nc3ccccc32)cc1. The average Bonchev–Trinajstić information content (AvgIpc) is 2.69. The van der Waals surface area contributed by atoms with Crippen LogP contribution in [0.15, 0.2) is 83.9 Å². The molecule has 4 heteroatoms. The van der Waals surface area contributed by atoms with Gasteiger partial charge < -0.3 is 5.32 Å². The summed E-state index contributed by atoms with van der Waals surface area (Å²) in [6.45, 7) is 2.03. The lowest BCUT2D eigenvalue weighted by molar-refractivity contribution is 0.0982. The van der Waals surface area contributed by atoms with E-state index in [9.17, 15) is 4.79 Å². The number of fused-ring (bicyclic) bond motifs is 1. The second-order valence-corrected chi connectivity index (χ2v) is 7.76. The van der Waals surface area contributed by atoms with Crippen molar-refractivity contribution in [3.8, 4) is 0 Å². The minimum atomic E-state index is 0.0405. The highest BCUT2D eigenvalue weighted by Gasteiger charge is 2.26. The molecule has 0 aliphatic carbocycles. The first-order valence-electron chi connectivity index (χ1n) is 8.95. The number of ketones is 1. The molecule has 4 rings (SSSR count). The predicted molar refractivity (Wildman–Crippen MR) is 114 cm³/mol. The quantitative estimate of drug-likeness (QED) is 0.558. The number of aliphatic imine (C=N–C) groups is 1. The summed E-state index contributed by atoms with van der Waals surface area (Å²) < 4.78 is 0. The largest absolute Gasteiger partial charge is 0.335 e. The number of para-hydroxylation sites is 2. The van der Waals surface area contributed by atoms with Crippen molar-refractivity contribution in [3.63, 3.8) is 0 Å². The fourth-order valence-electron chi connectivity index (χ4n) is 3.08. The third-order valence-corrected chi connectivity index (χ3v) is 5.65. The molecule has 0 fully saturated rings. The highest BCUT2D eigenvalue weighted by molar-refractivity contribution is 8.14. The van der Waals surface area contributed by atoms with Crippen LogP contribution in [-0.4, -0.2) is 11.0 Å². The fourth-order valence-corrected chi connectivity index (χ4v) is 4.23. The average molecular weight is 372 g/mol. The van der Waals surface area contributed by atoms with Crippen LogP contribution in [-0.2, 0) is 0 Å². The van der Waals surface area contributed by atoms with Crippen LogP contribution in [0.4, 0.5) is 11.4 Å². The number of benzene rings is 3. The normalized spacial score (nSPS) is 15.6. The van der Waals surface area contributed by atoms with E-state index in [1.54, 1.807) is 11.8 Å². The molecule has 3 aromatic carbocycles. The van der Waals surface area contributed by atoms with E-state index in [4.69, 9.17) is 4.99 Å². The van der Waals surface area contributed by atoms with Gasteiger partial charge in [0.15, 0.2) is 11.0 Å². The monoisotopic (exact) mass is 372 g/mol. The van der Waals surface area contributed by atoms with Gasteiger partial charge in [0.2, 0.25) is 0 Å². The van der Waals surface area contributed by atoms with Crippen molar-refractivity contribution >= 4 is 34.1 Å². The van der Waals surface area contributed by atoms with E-state index in [1.807, 2.05) is 79.7 Å². The molecule has 0 radical (unpaired) electrons. The Morgan fingerprint density at radius 2 is 1.67 bits per heavy atom. The molecule has 1 N–H and O–H groups in total. The Kier molecular flexibility index (Phi) is 5.07. The summed E-state index contributed by atoms with van der Waals surface area (Å²) in [6.07, 6.45) is 0.445. The van der Waals surface area contributed by atoms with Crippen molar-refractivity contribution in [2.45, 2.75) is 18.6 Å². The van der Waals surface area contributed by atoms with Gasteiger partial charge in [-0.25, -0.2) is 4.99 Å². The molecule has 1 unspecified atom stereocenters. The molecule has 0 amide bonds. The summed E-state index contributed by atoms with van der Waals surface area (Å²) in [6, 6.07) is 25.8. The zero-order valence-corrected chi connectivity index (χ0v) is 15.9. The van der Waals surface area contributed by atoms with Crippen LogP contribution in [0.3, 0.4) is 0 Å². The molecular weight excluding hydrogens is 352 g/mol. The molecule has 27 heavy (non-hydrogen) atoms. The fraction of sp³-hybridized carbons (Fsp3) is 0.130. The van der Waals surface area contributed by atoms with Gasteiger partial charge in [-0.15, -0.1) is 0 Å². The first-order valence-corrected chi connectivity index (χ1v) is 9.83. The Labute approximate surface area is 163 Å². The lowest BCUT2D eigenvalue weighted by Crippen LogP contribution is -2.16. The summed E-state index contributed by atoms with van der Waals surface area (Å²) in [4.78, 5) is 17.6. The highest BCUT2D eigenvalue weighted by Crippen LogP contribution is 2.43. The third-order valence-electron chi connectivity index (χ3n) is 4.53. The maximum absolute atomic E-state index is 12.8. The first kappa shape index (κ1) is 17.6. The summed E-state index contributed by atoms with van der Waals surface area (Å²) >= 11 is 1.61. The number of anilines is 1. The number of thioether (sulfide) groups is 1. The van der Waals surface area contributed by atoms with Crippen LogP contribution in [0.5, 0.6) is 0 Å². The topological polar surface area (TPSA) is 41.5 Å². The van der Waals surface area contributed by atoms with Crippen LogP contribution < -0.4 is 5.32 Å². The van der Waals surface area contributed by atoms with Gasteiger partial charge in [-0.05, 0) is 30.7 Å². The number of aryl methyl sites for hydroxylation is 1. The van der Waals surface area contributed by atoms with Gasteiger partial charge in [0.05, 0.1) is 5.69 Å². The second kappa shape index (κ2) is 7.80. The van der Waals surface area contributed by atoms with Crippen LogP contribution in [0, 0.1) is 6.92 Å². The van der Waals surface area contributed by atoms with E-state index >= 15 is 0 Å². The van der Waals surface area contributed by atoms with E-state index < -0.39 is 0 Å². The number of Topliss-reactive ketones (excluding diaryl/α,β-unsaturated/α-hetero) is 1. The molecule has 134 valence electrons. The van der Waals surface area contributed by atoms with Crippen molar-refractivity contribution in [1.82, 2.24) is 0 Å². The van der Waals surface area contributed by atoms with E-state index in [0.717, 1.165) is 33.2 Å². The van der Waals surface area contributed by atoms with Crippen molar-refractivity contribution in [3.05, 3.63) is 95.6 Å². The van der Waals surface area contributed by atoms with Crippen LogP contribution in [0.25, 0.3) is 0 Å². The minimum Gasteiger partial charge on any atom is -0.335 e. The van der Waals surface area contributed by atoms with Crippen LogP contribution in [0.2, 0.25) is 0 Å². The Morgan fingerprint density at radius 1 is 0.963 bits per heavy atom. The van der Waals surface area contributed by atoms with Crippen molar-refractivity contribution < 1.29 is 4.79 Å². The molecule has 3 aromatic rings. The van der Waals surface area contributed by atoms with Crippen molar-refractivity contribution in [1.29, 1.82) is 0 Å². The second-order valence-electron chi connectivity index (χ2n) is 6.57. The molecule has 1 aliphatic heterocycles. The Morgan fingerprint density at radius 3 is 2.44 bits per heavy atom. The van der Waals surface area contributed by atoms with Gasteiger partial charge >= 0.3 is 0 Å². The van der Waals surface area contributed by atoms with E-state index in [1.165, 1.54) is 0 Å². The molecule has 1 aliphatic rings. The molecule has 1 heterocycles. The van der Waals surface area contributed by atoms with Crippen LogP contribution in [0.1, 0.15) is 33.2 Å². The maximum atomic E-state index is 12.8. The van der Waals surface area contributed by atoms with Crippen molar-refractivity contribution in [2.75, 3.05) is 5.32 Å². The van der Waals surface area contributed by atoms with Gasteiger partial charge in [-0.3, -0.25) is 4.79 Å². The first-order chi connectivity index (χ1) is 13.2. The number of nitrogens with zero attached hydrogens (tertiary/aromatic N) is 1. The van der Waals surface area contributed by atoms with Gasteiger partial charge in [-0.2, -0.15) is 0 Å². The van der Waals surface area contributed by atoms with Gasteiger partial charge in [0.25, 0.3) is 0 Å². The smallest absolute Gasteiger partial charge is 0.166 e. The maximum Gasteiger partial charge on any atom is 0.166 e. The molecule has 0 bridgehead atoms. The predicted octanol–water partition coefficient (Wildman–Crippen LogP) is 6.16. The molecular formula is C23H20N2OS. The molecule has 0 saturated heterocycles. The Hall–Kier alpha value is -2.85. The number of hydrogen-bond donors (Lipinski definition) is 1. The Bertz CT molecular complexity index is 981.